The summed E-state index contributed by atoms with van der Waals surface area (Å²) in [7, 11) is 3.47. The molecule has 0 fully saturated rings. The van der Waals surface area contributed by atoms with Crippen LogP contribution in [-0.2, 0) is 4.79 Å². The van der Waals surface area contributed by atoms with Crippen molar-refractivity contribution in [3.8, 4) is 0 Å². The second-order valence-electron chi connectivity index (χ2n) is 4.33. The fourth-order valence-corrected chi connectivity index (χ4v) is 1.02. The van der Waals surface area contributed by atoms with Crippen molar-refractivity contribution in [2.24, 2.45) is 4.99 Å². The first-order valence-corrected chi connectivity index (χ1v) is 6.26. The lowest BCUT2D eigenvalue weighted by Gasteiger charge is -2.17. The quantitative estimate of drug-likeness (QED) is 0.535. The zero-order chi connectivity index (χ0) is 13.3. The minimum atomic E-state index is 0.00625. The number of rotatable bonds is 6. The lowest BCUT2D eigenvalue weighted by molar-refractivity contribution is -0.127. The van der Waals surface area contributed by atoms with Gasteiger partial charge in [0.15, 0.2) is 5.96 Å². The number of carbonyl (C=O) groups excluding carboxylic acids is 1. The summed E-state index contributed by atoms with van der Waals surface area (Å²) in [5, 5.41) is 6.46. The van der Waals surface area contributed by atoms with E-state index in [4.69, 9.17) is 0 Å². The van der Waals surface area contributed by atoms with E-state index in [1.54, 1.807) is 19.0 Å². The Kier molecular flexibility index (Phi) is 8.19. The first-order valence-electron chi connectivity index (χ1n) is 6.26. The van der Waals surface area contributed by atoms with Gasteiger partial charge >= 0.3 is 0 Å². The van der Waals surface area contributed by atoms with E-state index in [9.17, 15) is 4.79 Å². The van der Waals surface area contributed by atoms with Crippen LogP contribution in [-0.4, -0.2) is 50.0 Å². The second kappa shape index (κ2) is 8.84. The summed E-state index contributed by atoms with van der Waals surface area (Å²) < 4.78 is 0. The Balaban J connectivity index is 4.33. The van der Waals surface area contributed by atoms with Gasteiger partial charge in [0.2, 0.25) is 5.91 Å². The number of amides is 1. The lowest BCUT2D eigenvalue weighted by Crippen LogP contribution is -2.43. The molecule has 0 aliphatic rings. The van der Waals surface area contributed by atoms with Crippen LogP contribution in [0.15, 0.2) is 4.99 Å². The number of nitrogens with zero attached hydrogens (tertiary/aromatic N) is 2. The van der Waals surface area contributed by atoms with Crippen molar-refractivity contribution < 1.29 is 4.79 Å². The van der Waals surface area contributed by atoms with Gasteiger partial charge in [-0.3, -0.25) is 4.79 Å². The molecule has 5 nitrogen and oxygen atoms in total. The fourth-order valence-electron chi connectivity index (χ4n) is 1.02. The number of nitrogens with one attached hydrogen (secondary N) is 2. The Labute approximate surface area is 105 Å². The maximum Gasteiger partial charge on any atom is 0.243 e. The van der Waals surface area contributed by atoms with E-state index in [0.717, 1.165) is 25.3 Å². The van der Waals surface area contributed by atoms with Gasteiger partial charge in [-0.25, -0.2) is 4.99 Å². The van der Waals surface area contributed by atoms with Gasteiger partial charge in [0.25, 0.3) is 0 Å². The van der Waals surface area contributed by atoms with E-state index >= 15 is 0 Å². The monoisotopic (exact) mass is 242 g/mol. The largest absolute Gasteiger partial charge is 0.356 e. The van der Waals surface area contributed by atoms with E-state index < -0.39 is 0 Å². The van der Waals surface area contributed by atoms with Gasteiger partial charge in [-0.15, -0.1) is 0 Å². The molecule has 0 aromatic carbocycles. The Morgan fingerprint density at radius 2 is 2.00 bits per heavy atom. The van der Waals surface area contributed by atoms with Crippen LogP contribution < -0.4 is 10.6 Å². The molecule has 2 N–H and O–H groups in total. The van der Waals surface area contributed by atoms with Crippen molar-refractivity contribution >= 4 is 11.9 Å². The average molecular weight is 242 g/mol. The SMILES string of the molecule is CCCNC(=NCC(=O)N(C)C)NC(C)CC. The fraction of sp³-hybridized carbons (Fsp3) is 0.833. The third-order valence-corrected chi connectivity index (χ3v) is 2.41. The summed E-state index contributed by atoms with van der Waals surface area (Å²) in [6.45, 7) is 7.34. The molecule has 0 aliphatic carbocycles. The summed E-state index contributed by atoms with van der Waals surface area (Å²) in [6.07, 6.45) is 2.05. The number of likely N-dealkylation sites (N-methyl/N-ethyl adjacent to an activating group) is 1. The Bertz CT molecular complexity index is 251. The summed E-state index contributed by atoms with van der Waals surface area (Å²) in [5.74, 6) is 0.725. The van der Waals surface area contributed by atoms with Gasteiger partial charge < -0.3 is 15.5 Å². The number of hydrogen-bond acceptors (Lipinski definition) is 2. The van der Waals surface area contributed by atoms with E-state index in [1.165, 1.54) is 0 Å². The molecule has 0 aromatic rings. The van der Waals surface area contributed by atoms with Crippen molar-refractivity contribution in [1.82, 2.24) is 15.5 Å². The molecule has 1 unspecified atom stereocenters. The molecule has 0 radical (unpaired) electrons. The summed E-state index contributed by atoms with van der Waals surface area (Å²) in [5.41, 5.74) is 0. The highest BCUT2D eigenvalue weighted by Gasteiger charge is 2.06. The molecule has 0 saturated heterocycles. The molecule has 0 heterocycles. The Hall–Kier alpha value is -1.26. The van der Waals surface area contributed by atoms with Gasteiger partial charge in [-0.2, -0.15) is 0 Å². The minimum Gasteiger partial charge on any atom is -0.356 e. The normalized spacial score (nSPS) is 13.1. The molecule has 0 spiro atoms. The zero-order valence-electron chi connectivity index (χ0n) is 11.7. The predicted octanol–water partition coefficient (Wildman–Crippen LogP) is 0.818. The summed E-state index contributed by atoms with van der Waals surface area (Å²) >= 11 is 0. The summed E-state index contributed by atoms with van der Waals surface area (Å²) in [6, 6.07) is 0.354. The average Bonchev–Trinajstić information content (AvgIpc) is 2.31. The maximum absolute atomic E-state index is 11.4. The van der Waals surface area contributed by atoms with Crippen molar-refractivity contribution in [1.29, 1.82) is 0 Å². The van der Waals surface area contributed by atoms with Crippen LogP contribution >= 0.6 is 0 Å². The van der Waals surface area contributed by atoms with Crippen LogP contribution in [0.25, 0.3) is 0 Å². The third kappa shape index (κ3) is 7.60. The van der Waals surface area contributed by atoms with Crippen molar-refractivity contribution in [2.45, 2.75) is 39.7 Å². The van der Waals surface area contributed by atoms with Crippen molar-refractivity contribution in [2.75, 3.05) is 27.2 Å². The second-order valence-corrected chi connectivity index (χ2v) is 4.33. The van der Waals surface area contributed by atoms with Crippen LogP contribution in [0.3, 0.4) is 0 Å². The highest BCUT2D eigenvalue weighted by Crippen LogP contribution is 1.89. The Morgan fingerprint density at radius 1 is 1.35 bits per heavy atom. The van der Waals surface area contributed by atoms with Gasteiger partial charge in [-0.1, -0.05) is 13.8 Å². The standard InChI is InChI=1S/C12H26N4O/c1-6-8-13-12(15-10(3)7-2)14-9-11(17)16(4)5/h10H,6-9H2,1-5H3,(H2,13,14,15). The molecule has 0 aliphatic heterocycles. The Morgan fingerprint density at radius 3 is 2.47 bits per heavy atom. The summed E-state index contributed by atoms with van der Waals surface area (Å²) in [4.78, 5) is 17.3. The van der Waals surface area contributed by atoms with Crippen molar-refractivity contribution in [3.05, 3.63) is 0 Å². The van der Waals surface area contributed by atoms with E-state index in [-0.39, 0.29) is 12.5 Å². The third-order valence-electron chi connectivity index (χ3n) is 2.41. The predicted molar refractivity (Wildman–Crippen MR) is 72.2 cm³/mol. The highest BCUT2D eigenvalue weighted by atomic mass is 16.2. The van der Waals surface area contributed by atoms with E-state index in [1.807, 2.05) is 0 Å². The highest BCUT2D eigenvalue weighted by molar-refractivity contribution is 5.84. The molecule has 17 heavy (non-hydrogen) atoms. The molecule has 1 atom stereocenters. The van der Waals surface area contributed by atoms with Gasteiger partial charge in [0, 0.05) is 26.7 Å². The lowest BCUT2D eigenvalue weighted by atomic mass is 10.3. The van der Waals surface area contributed by atoms with Crippen LogP contribution in [0.5, 0.6) is 0 Å². The maximum atomic E-state index is 11.4. The number of hydrogen-bond donors (Lipinski definition) is 2. The molecule has 0 rings (SSSR count). The number of carbonyl (C=O) groups is 1. The molecular weight excluding hydrogens is 216 g/mol. The van der Waals surface area contributed by atoms with Crippen LogP contribution in [0.1, 0.15) is 33.6 Å². The molecule has 1 amide bonds. The first-order chi connectivity index (χ1) is 8.01. The minimum absolute atomic E-state index is 0.00625. The first kappa shape index (κ1) is 15.7. The topological polar surface area (TPSA) is 56.7 Å². The van der Waals surface area contributed by atoms with E-state index in [2.05, 4.69) is 36.4 Å². The molecule has 5 heteroatoms. The van der Waals surface area contributed by atoms with Crippen LogP contribution in [0, 0.1) is 0 Å². The van der Waals surface area contributed by atoms with Gasteiger partial charge in [0.05, 0.1) is 0 Å². The molecule has 0 aromatic heterocycles. The molecule has 0 bridgehead atoms. The molecule has 100 valence electrons. The van der Waals surface area contributed by atoms with Crippen LogP contribution in [0.4, 0.5) is 0 Å². The zero-order valence-corrected chi connectivity index (χ0v) is 11.7. The van der Waals surface area contributed by atoms with Gasteiger partial charge in [0.1, 0.15) is 6.54 Å². The van der Waals surface area contributed by atoms with Gasteiger partial charge in [-0.05, 0) is 19.8 Å². The number of aliphatic imine (C=N–C) groups is 1. The number of guanidine groups is 1. The molecule has 0 saturated carbocycles. The van der Waals surface area contributed by atoms with Crippen LogP contribution in [0.2, 0.25) is 0 Å². The molecular formula is C12H26N4O. The van der Waals surface area contributed by atoms with Crippen molar-refractivity contribution in [3.63, 3.8) is 0 Å². The van der Waals surface area contributed by atoms with E-state index in [0.29, 0.717) is 6.04 Å². The smallest absolute Gasteiger partial charge is 0.243 e.